The van der Waals surface area contributed by atoms with Gasteiger partial charge in [-0.15, -0.1) is 11.8 Å². The van der Waals surface area contributed by atoms with E-state index in [0.717, 1.165) is 36.6 Å². The first-order valence-electron chi connectivity index (χ1n) is 7.87. The van der Waals surface area contributed by atoms with Crippen LogP contribution in [0.4, 0.5) is 8.78 Å². The molecule has 2 rings (SSSR count). The molecule has 0 unspecified atom stereocenters. The lowest BCUT2D eigenvalue weighted by Gasteiger charge is -2.36. The van der Waals surface area contributed by atoms with E-state index in [1.54, 1.807) is 11.8 Å². The van der Waals surface area contributed by atoms with E-state index in [4.69, 9.17) is 0 Å². The molecule has 1 aromatic carbocycles. The molecule has 0 radical (unpaired) electrons. The van der Waals surface area contributed by atoms with Crippen LogP contribution in [0.15, 0.2) is 29.2 Å². The second-order valence-corrected chi connectivity index (χ2v) is 8.55. The van der Waals surface area contributed by atoms with Crippen molar-refractivity contribution in [2.24, 2.45) is 0 Å². The number of benzene rings is 1. The number of hydrogen-bond acceptors (Lipinski definition) is 3. The summed E-state index contributed by atoms with van der Waals surface area (Å²) in [5.74, 6) is 0. The highest BCUT2D eigenvalue weighted by molar-refractivity contribution is 8.00. The first-order chi connectivity index (χ1) is 10.4. The number of piperazine rings is 1. The van der Waals surface area contributed by atoms with Gasteiger partial charge in [0, 0.05) is 48.3 Å². The van der Waals surface area contributed by atoms with Gasteiger partial charge >= 0.3 is 0 Å². The fourth-order valence-corrected chi connectivity index (χ4v) is 3.94. The smallest absolute Gasteiger partial charge is 0.240 e. The maximum Gasteiger partial charge on any atom is 0.240 e. The van der Waals surface area contributed by atoms with E-state index in [2.05, 4.69) is 37.1 Å². The number of nitrogens with zero attached hydrogens (tertiary/aromatic N) is 1. The van der Waals surface area contributed by atoms with Gasteiger partial charge in [0.25, 0.3) is 0 Å². The molecule has 0 bridgehead atoms. The molecule has 0 aliphatic carbocycles. The normalized spacial score (nSPS) is 18.6. The largest absolute Gasteiger partial charge is 0.314 e. The molecule has 0 amide bonds. The number of halogens is 2. The summed E-state index contributed by atoms with van der Waals surface area (Å²) in [6.45, 7) is 9.85. The Kier molecular flexibility index (Phi) is 6.24. The molecule has 1 atom stereocenters. The Balaban J connectivity index is 2.29. The van der Waals surface area contributed by atoms with Crippen LogP contribution >= 0.6 is 11.8 Å². The Morgan fingerprint density at radius 3 is 2.41 bits per heavy atom. The molecule has 1 saturated heterocycles. The molecule has 0 spiro atoms. The molecule has 22 heavy (non-hydrogen) atoms. The zero-order valence-corrected chi connectivity index (χ0v) is 14.4. The zero-order valence-electron chi connectivity index (χ0n) is 13.6. The van der Waals surface area contributed by atoms with Gasteiger partial charge in [0.15, 0.2) is 0 Å². The van der Waals surface area contributed by atoms with Gasteiger partial charge in [0.2, 0.25) is 6.43 Å². The van der Waals surface area contributed by atoms with E-state index in [9.17, 15) is 8.78 Å². The molecule has 1 heterocycles. The average Bonchev–Trinajstić information content (AvgIpc) is 2.45. The number of rotatable bonds is 5. The third-order valence-electron chi connectivity index (χ3n) is 3.69. The number of hydrogen-bond donors (Lipinski definition) is 1. The molecule has 1 aliphatic rings. The molecule has 1 aliphatic heterocycles. The van der Waals surface area contributed by atoms with Crippen molar-refractivity contribution < 1.29 is 8.78 Å². The maximum absolute atomic E-state index is 13.1. The molecule has 1 fully saturated rings. The fraction of sp³-hybridized carbons (Fsp3) is 0.647. The van der Waals surface area contributed by atoms with Gasteiger partial charge in [-0.25, -0.2) is 8.78 Å². The molecule has 0 saturated carbocycles. The van der Waals surface area contributed by atoms with Gasteiger partial charge < -0.3 is 5.32 Å². The van der Waals surface area contributed by atoms with E-state index in [1.165, 1.54) is 0 Å². The van der Waals surface area contributed by atoms with Crippen LogP contribution < -0.4 is 5.32 Å². The lowest BCUT2D eigenvalue weighted by molar-refractivity contribution is 0.0729. The third-order valence-corrected chi connectivity index (χ3v) is 4.89. The minimum atomic E-state index is -2.28. The molecule has 5 heteroatoms. The second-order valence-electron chi connectivity index (χ2n) is 6.68. The van der Waals surface area contributed by atoms with E-state index in [1.807, 2.05) is 18.2 Å². The topological polar surface area (TPSA) is 15.3 Å². The highest BCUT2D eigenvalue weighted by Gasteiger charge is 2.28. The summed E-state index contributed by atoms with van der Waals surface area (Å²) in [5, 5.41) is 3.29. The summed E-state index contributed by atoms with van der Waals surface area (Å²) < 4.78 is 26.4. The second kappa shape index (κ2) is 7.75. The van der Waals surface area contributed by atoms with Crippen LogP contribution in [0.3, 0.4) is 0 Å². The monoisotopic (exact) mass is 328 g/mol. The van der Waals surface area contributed by atoms with Crippen molar-refractivity contribution in [2.75, 3.05) is 26.2 Å². The van der Waals surface area contributed by atoms with E-state index >= 15 is 0 Å². The lowest BCUT2D eigenvalue weighted by atomic mass is 10.0. The minimum Gasteiger partial charge on any atom is -0.314 e. The number of alkyl halides is 2. The Morgan fingerprint density at radius 2 is 1.82 bits per heavy atom. The van der Waals surface area contributed by atoms with Gasteiger partial charge in [0.05, 0.1) is 0 Å². The van der Waals surface area contributed by atoms with Gasteiger partial charge in [-0.1, -0.05) is 39.0 Å². The summed E-state index contributed by atoms with van der Waals surface area (Å²) in [7, 11) is 0. The highest BCUT2D eigenvalue weighted by atomic mass is 32.2. The average molecular weight is 328 g/mol. The van der Waals surface area contributed by atoms with Crippen LogP contribution in [0.2, 0.25) is 0 Å². The molecule has 124 valence electrons. The van der Waals surface area contributed by atoms with Crippen molar-refractivity contribution in [3.8, 4) is 0 Å². The van der Waals surface area contributed by atoms with Crippen LogP contribution in [0.5, 0.6) is 0 Å². The first-order valence-corrected chi connectivity index (χ1v) is 8.69. The van der Waals surface area contributed by atoms with Crippen molar-refractivity contribution in [1.82, 2.24) is 10.2 Å². The van der Waals surface area contributed by atoms with Gasteiger partial charge in [-0.2, -0.15) is 0 Å². The standard InChI is InChI=1S/C17H26F2N2S/c1-17(2,3)22-15-7-5-4-6-13(15)14(12-16(18)19)21-10-8-20-9-11-21/h4-7,14,16,20H,8-12H2,1-3H3/t14-/m1/s1. The molecule has 2 nitrogen and oxygen atoms in total. The van der Waals surface area contributed by atoms with Crippen molar-refractivity contribution >= 4 is 11.8 Å². The third kappa shape index (κ3) is 5.21. The Labute approximate surface area is 136 Å². The maximum atomic E-state index is 13.1. The van der Waals surface area contributed by atoms with Crippen LogP contribution in [-0.4, -0.2) is 42.3 Å². The molecule has 1 N–H and O–H groups in total. The highest BCUT2D eigenvalue weighted by Crippen LogP contribution is 2.39. The van der Waals surface area contributed by atoms with Crippen LogP contribution in [0.25, 0.3) is 0 Å². The SMILES string of the molecule is CC(C)(C)Sc1ccccc1[C@@H](CC(F)F)N1CCNCC1. The van der Waals surface area contributed by atoms with Gasteiger partial charge in [0.1, 0.15) is 0 Å². The quantitative estimate of drug-likeness (QED) is 0.816. The van der Waals surface area contributed by atoms with Crippen molar-refractivity contribution in [3.05, 3.63) is 29.8 Å². The summed E-state index contributed by atoms with van der Waals surface area (Å²) in [5.41, 5.74) is 1.05. The zero-order chi connectivity index (χ0) is 16.2. The summed E-state index contributed by atoms with van der Waals surface area (Å²) in [6.07, 6.45) is -2.38. The van der Waals surface area contributed by atoms with E-state index < -0.39 is 6.43 Å². The predicted molar refractivity (Wildman–Crippen MR) is 89.9 cm³/mol. The van der Waals surface area contributed by atoms with Crippen LogP contribution in [0.1, 0.15) is 38.8 Å². The molecular weight excluding hydrogens is 302 g/mol. The minimum absolute atomic E-state index is 0.0644. The predicted octanol–water partition coefficient (Wildman–Crippen LogP) is 4.18. The fourth-order valence-electron chi connectivity index (χ4n) is 2.81. The number of nitrogens with one attached hydrogen (secondary N) is 1. The lowest BCUT2D eigenvalue weighted by Crippen LogP contribution is -2.45. The number of thioether (sulfide) groups is 1. The van der Waals surface area contributed by atoms with E-state index in [-0.39, 0.29) is 17.2 Å². The molecular formula is C17H26F2N2S. The van der Waals surface area contributed by atoms with Crippen molar-refractivity contribution in [3.63, 3.8) is 0 Å². The van der Waals surface area contributed by atoms with E-state index in [0.29, 0.717) is 0 Å². The molecule has 1 aromatic rings. The Bertz CT molecular complexity index is 468. The summed E-state index contributed by atoms with van der Waals surface area (Å²) >= 11 is 1.76. The van der Waals surface area contributed by atoms with Gasteiger partial charge in [-0.3, -0.25) is 4.90 Å². The van der Waals surface area contributed by atoms with Crippen LogP contribution in [-0.2, 0) is 0 Å². The van der Waals surface area contributed by atoms with Gasteiger partial charge in [-0.05, 0) is 11.6 Å². The summed E-state index contributed by atoms with van der Waals surface area (Å²) in [4.78, 5) is 3.32. The van der Waals surface area contributed by atoms with Crippen molar-refractivity contribution in [1.29, 1.82) is 0 Å². The Morgan fingerprint density at radius 1 is 1.18 bits per heavy atom. The molecule has 0 aromatic heterocycles. The Hall–Kier alpha value is -0.650. The first kappa shape index (κ1) is 17.7. The van der Waals surface area contributed by atoms with Crippen molar-refractivity contribution in [2.45, 2.75) is 49.3 Å². The van der Waals surface area contributed by atoms with Crippen LogP contribution in [0, 0.1) is 0 Å². The summed E-state index contributed by atoms with van der Waals surface area (Å²) in [6, 6.07) is 7.83.